The number of rotatable bonds is 1. The predicted molar refractivity (Wildman–Crippen MR) is 61.5 cm³/mol. The molecule has 2 aliphatic rings. The number of piperidine rings is 1. The maximum absolute atomic E-state index is 11.6. The number of carbonyl (C=O) groups excluding carboxylic acids is 1. The largest absolute Gasteiger partial charge is 0.363 e. The molecule has 0 N–H and O–H groups in total. The topological polar surface area (TPSA) is 29.5 Å². The maximum Gasteiger partial charge on any atom is 0.164 e. The van der Waals surface area contributed by atoms with Crippen molar-refractivity contribution in [3.05, 3.63) is 0 Å². The second-order valence-corrected chi connectivity index (χ2v) is 4.64. The molecule has 2 heterocycles. The first-order valence-electron chi connectivity index (χ1n) is 5.54. The highest BCUT2D eigenvalue weighted by atomic mass is 35.5. The molecule has 0 aromatic heterocycles. The van der Waals surface area contributed by atoms with E-state index >= 15 is 0 Å². The molecule has 2 fully saturated rings. The molecule has 2 rings (SSSR count). The number of ketones is 1. The van der Waals surface area contributed by atoms with Gasteiger partial charge in [-0.1, -0.05) is 6.92 Å². The fourth-order valence-corrected chi connectivity index (χ4v) is 2.47. The molecule has 0 aromatic rings. The van der Waals surface area contributed by atoms with Crippen molar-refractivity contribution in [3.63, 3.8) is 0 Å². The van der Waals surface area contributed by atoms with Gasteiger partial charge in [0.1, 0.15) is 6.10 Å². The molecule has 15 heavy (non-hydrogen) atoms. The average Bonchev–Trinajstić information content (AvgIpc) is 2.49. The monoisotopic (exact) mass is 233 g/mol. The summed E-state index contributed by atoms with van der Waals surface area (Å²) in [4.78, 5) is 13.9. The van der Waals surface area contributed by atoms with Gasteiger partial charge in [0.2, 0.25) is 0 Å². The Morgan fingerprint density at radius 3 is 2.53 bits per heavy atom. The van der Waals surface area contributed by atoms with E-state index in [9.17, 15) is 4.79 Å². The third kappa shape index (κ3) is 2.52. The van der Waals surface area contributed by atoms with E-state index in [4.69, 9.17) is 4.74 Å². The van der Waals surface area contributed by atoms with Gasteiger partial charge in [-0.3, -0.25) is 4.79 Å². The number of carbonyl (C=O) groups is 1. The Kier molecular flexibility index (Phi) is 4.15. The zero-order valence-electron chi connectivity index (χ0n) is 9.49. The van der Waals surface area contributed by atoms with E-state index in [1.54, 1.807) is 0 Å². The summed E-state index contributed by atoms with van der Waals surface area (Å²) in [5.41, 5.74) is -0.0930. The number of Topliss-reactive ketones (excluding diaryl/α,β-unsaturated/α-hetero) is 1. The van der Waals surface area contributed by atoms with Crippen LogP contribution in [0.5, 0.6) is 0 Å². The highest BCUT2D eigenvalue weighted by Crippen LogP contribution is 2.37. The van der Waals surface area contributed by atoms with E-state index in [1.165, 1.54) is 0 Å². The van der Waals surface area contributed by atoms with E-state index in [-0.39, 0.29) is 24.1 Å². The molecular formula is C11H20ClNO2. The number of hydrogen-bond acceptors (Lipinski definition) is 3. The number of halogens is 1. The molecule has 4 heteroatoms. The molecule has 0 aliphatic carbocycles. The summed E-state index contributed by atoms with van der Waals surface area (Å²) < 4.78 is 5.92. The zero-order chi connectivity index (χ0) is 10.2. The summed E-state index contributed by atoms with van der Waals surface area (Å²) in [6, 6.07) is 0. The first-order valence-corrected chi connectivity index (χ1v) is 5.54. The Balaban J connectivity index is 0.00000112. The Bertz CT molecular complexity index is 237. The number of likely N-dealkylation sites (tertiary alicyclic amines) is 1. The van der Waals surface area contributed by atoms with E-state index in [0.717, 1.165) is 32.4 Å². The Hall–Kier alpha value is -0.120. The first kappa shape index (κ1) is 12.9. The summed E-state index contributed by atoms with van der Waals surface area (Å²) >= 11 is 0. The van der Waals surface area contributed by atoms with Crippen molar-refractivity contribution in [1.82, 2.24) is 4.90 Å². The summed E-state index contributed by atoms with van der Waals surface area (Å²) in [5, 5.41) is 0. The molecule has 1 spiro atoms. The minimum absolute atomic E-state index is 0. The van der Waals surface area contributed by atoms with Gasteiger partial charge >= 0.3 is 0 Å². The van der Waals surface area contributed by atoms with Gasteiger partial charge in [-0.2, -0.15) is 0 Å². The molecule has 0 saturated carbocycles. The molecule has 88 valence electrons. The van der Waals surface area contributed by atoms with Crippen LogP contribution in [-0.4, -0.2) is 42.5 Å². The maximum atomic E-state index is 11.6. The quantitative estimate of drug-likeness (QED) is 0.690. The van der Waals surface area contributed by atoms with E-state index in [2.05, 4.69) is 11.9 Å². The minimum Gasteiger partial charge on any atom is -0.363 e. The fourth-order valence-electron chi connectivity index (χ4n) is 2.47. The van der Waals surface area contributed by atoms with E-state index < -0.39 is 0 Å². The van der Waals surface area contributed by atoms with Crippen molar-refractivity contribution in [2.24, 2.45) is 0 Å². The Labute approximate surface area is 97.6 Å². The van der Waals surface area contributed by atoms with Crippen LogP contribution in [0.4, 0.5) is 0 Å². The van der Waals surface area contributed by atoms with Crippen molar-refractivity contribution in [3.8, 4) is 0 Å². The fraction of sp³-hybridized carbons (Fsp3) is 0.909. The van der Waals surface area contributed by atoms with Crippen LogP contribution in [0.3, 0.4) is 0 Å². The second-order valence-electron chi connectivity index (χ2n) is 4.64. The van der Waals surface area contributed by atoms with Crippen LogP contribution < -0.4 is 0 Å². The third-order valence-electron chi connectivity index (χ3n) is 3.52. The standard InChI is InChI=1S/C11H19NO2.ClH/c1-3-10-9(13)8-11(14-10)4-6-12(2)7-5-11;/h10H,3-8H2,1-2H3;1H. The SMILES string of the molecule is CCC1OC2(CCN(C)CC2)CC1=O.Cl. The lowest BCUT2D eigenvalue weighted by Crippen LogP contribution is -2.42. The smallest absolute Gasteiger partial charge is 0.164 e. The molecule has 0 radical (unpaired) electrons. The van der Waals surface area contributed by atoms with Crippen LogP contribution in [0, 0.1) is 0 Å². The van der Waals surface area contributed by atoms with Gasteiger partial charge in [-0.25, -0.2) is 0 Å². The van der Waals surface area contributed by atoms with E-state index in [0.29, 0.717) is 12.2 Å². The van der Waals surface area contributed by atoms with Gasteiger partial charge < -0.3 is 9.64 Å². The zero-order valence-corrected chi connectivity index (χ0v) is 10.3. The van der Waals surface area contributed by atoms with Gasteiger partial charge in [0, 0.05) is 19.5 Å². The van der Waals surface area contributed by atoms with Gasteiger partial charge in [-0.15, -0.1) is 12.4 Å². The summed E-state index contributed by atoms with van der Waals surface area (Å²) in [6.45, 7) is 4.14. The lowest BCUT2D eigenvalue weighted by Gasteiger charge is -2.36. The normalized spacial score (nSPS) is 30.5. The highest BCUT2D eigenvalue weighted by molar-refractivity contribution is 5.86. The Morgan fingerprint density at radius 2 is 2.07 bits per heavy atom. The molecule has 3 nitrogen and oxygen atoms in total. The van der Waals surface area contributed by atoms with Crippen LogP contribution in [0.2, 0.25) is 0 Å². The number of hydrogen-bond donors (Lipinski definition) is 0. The van der Waals surface area contributed by atoms with Crippen molar-refractivity contribution in [1.29, 1.82) is 0 Å². The van der Waals surface area contributed by atoms with Gasteiger partial charge in [0.25, 0.3) is 0 Å². The second kappa shape index (κ2) is 4.81. The molecule has 1 atom stereocenters. The van der Waals surface area contributed by atoms with Crippen LogP contribution >= 0.6 is 12.4 Å². The molecule has 0 amide bonds. The van der Waals surface area contributed by atoms with Gasteiger partial charge in [0.15, 0.2) is 5.78 Å². The summed E-state index contributed by atoms with van der Waals surface area (Å²) in [6.07, 6.45) is 3.41. The minimum atomic E-state index is -0.113. The molecule has 1 unspecified atom stereocenters. The molecule has 2 aliphatic heterocycles. The molecule has 0 aromatic carbocycles. The molecule has 0 bridgehead atoms. The number of nitrogens with zero attached hydrogens (tertiary/aromatic N) is 1. The Morgan fingerprint density at radius 1 is 1.47 bits per heavy atom. The predicted octanol–water partition coefficient (Wildman–Crippen LogP) is 1.64. The highest BCUT2D eigenvalue weighted by Gasteiger charge is 2.45. The number of ether oxygens (including phenoxy) is 1. The third-order valence-corrected chi connectivity index (χ3v) is 3.52. The van der Waals surface area contributed by atoms with Crippen molar-refractivity contribution in [2.45, 2.75) is 44.3 Å². The van der Waals surface area contributed by atoms with Gasteiger partial charge in [0.05, 0.1) is 5.60 Å². The lowest BCUT2D eigenvalue weighted by molar-refractivity contribution is -0.124. The molecule has 2 saturated heterocycles. The van der Waals surface area contributed by atoms with E-state index in [1.807, 2.05) is 6.92 Å². The van der Waals surface area contributed by atoms with Crippen molar-refractivity contribution >= 4 is 18.2 Å². The van der Waals surface area contributed by atoms with Crippen molar-refractivity contribution in [2.75, 3.05) is 20.1 Å². The molecular weight excluding hydrogens is 214 g/mol. The summed E-state index contributed by atoms with van der Waals surface area (Å²) in [7, 11) is 2.13. The van der Waals surface area contributed by atoms with Gasteiger partial charge in [-0.05, 0) is 26.3 Å². The van der Waals surface area contributed by atoms with Crippen LogP contribution in [0.1, 0.15) is 32.6 Å². The average molecular weight is 234 g/mol. The van der Waals surface area contributed by atoms with Crippen LogP contribution in [-0.2, 0) is 9.53 Å². The van der Waals surface area contributed by atoms with Crippen LogP contribution in [0.15, 0.2) is 0 Å². The van der Waals surface area contributed by atoms with Crippen LogP contribution in [0.25, 0.3) is 0 Å². The lowest BCUT2D eigenvalue weighted by atomic mass is 9.88. The summed E-state index contributed by atoms with van der Waals surface area (Å²) in [5.74, 6) is 0.317. The first-order chi connectivity index (χ1) is 6.65. The van der Waals surface area contributed by atoms with Crippen molar-refractivity contribution < 1.29 is 9.53 Å².